The van der Waals surface area contributed by atoms with E-state index >= 15 is 0 Å². The van der Waals surface area contributed by atoms with Gasteiger partial charge in [-0.1, -0.05) is 80.1 Å². The van der Waals surface area contributed by atoms with Gasteiger partial charge < -0.3 is 5.11 Å². The van der Waals surface area contributed by atoms with Gasteiger partial charge in [-0.3, -0.25) is 29.0 Å². The lowest BCUT2D eigenvalue weighted by Gasteiger charge is -2.44. The van der Waals surface area contributed by atoms with Gasteiger partial charge in [0.1, 0.15) is 5.75 Å². The van der Waals surface area contributed by atoms with Crippen LogP contribution < -0.4 is 9.80 Å². The van der Waals surface area contributed by atoms with Gasteiger partial charge in [0, 0.05) is 11.3 Å². The molecule has 3 fully saturated rings. The first-order valence-electron chi connectivity index (χ1n) is 16.7. The molecule has 6 atom stereocenters. The van der Waals surface area contributed by atoms with E-state index in [0.717, 1.165) is 40.5 Å². The summed E-state index contributed by atoms with van der Waals surface area (Å²) in [6.07, 6.45) is 4.47. The third-order valence-electron chi connectivity index (χ3n) is 11.1. The second-order valence-electron chi connectivity index (χ2n) is 13.3. The van der Waals surface area contributed by atoms with Crippen LogP contribution in [0.1, 0.15) is 49.3 Å². The van der Waals surface area contributed by atoms with Crippen LogP contribution in [0, 0.1) is 29.6 Å². The van der Waals surface area contributed by atoms with E-state index in [4.69, 9.17) is 0 Å². The monoisotopic (exact) mass is 624 g/mol. The summed E-state index contributed by atoms with van der Waals surface area (Å²) in [7, 11) is 0. The molecule has 0 aromatic heterocycles. The Morgan fingerprint density at radius 3 is 1.77 bits per heavy atom. The van der Waals surface area contributed by atoms with Crippen molar-refractivity contribution in [3.8, 4) is 5.75 Å². The first-order chi connectivity index (χ1) is 22.8. The highest BCUT2D eigenvalue weighted by Crippen LogP contribution is 2.59. The van der Waals surface area contributed by atoms with Crippen LogP contribution in [0.4, 0.5) is 11.4 Å². The summed E-state index contributed by atoms with van der Waals surface area (Å²) in [5.74, 6) is -4.19. The van der Waals surface area contributed by atoms with Crippen LogP contribution in [0.25, 0.3) is 10.8 Å². The molecule has 4 amide bonds. The van der Waals surface area contributed by atoms with Crippen molar-refractivity contribution in [3.63, 3.8) is 0 Å². The van der Waals surface area contributed by atoms with Crippen molar-refractivity contribution in [2.45, 2.75) is 45.4 Å². The number of allylic oxidation sites excluding steroid dienone is 2. The number of carbonyl (C=O) groups excluding carboxylic acids is 4. The van der Waals surface area contributed by atoms with Crippen LogP contribution >= 0.6 is 0 Å². The Morgan fingerprint density at radius 1 is 0.617 bits per heavy atom. The molecule has 2 aliphatic carbocycles. The number of aryl methyl sites for hydroxylation is 2. The predicted octanol–water partition coefficient (Wildman–Crippen LogP) is 6.72. The highest BCUT2D eigenvalue weighted by atomic mass is 16.3. The van der Waals surface area contributed by atoms with Crippen molar-refractivity contribution in [1.82, 2.24) is 0 Å². The van der Waals surface area contributed by atoms with Crippen molar-refractivity contribution in [2.75, 3.05) is 9.80 Å². The molecule has 0 spiro atoms. The molecular formula is C40H36N2O5. The van der Waals surface area contributed by atoms with Crippen LogP contribution in [0.15, 0.2) is 96.6 Å². The Morgan fingerprint density at radius 2 is 1.17 bits per heavy atom. The number of phenols is 1. The van der Waals surface area contributed by atoms with Crippen molar-refractivity contribution < 1.29 is 24.3 Å². The average molecular weight is 625 g/mol. The minimum absolute atomic E-state index is 0.138. The van der Waals surface area contributed by atoms with E-state index in [0.29, 0.717) is 29.6 Å². The number of hydrogen-bond donors (Lipinski definition) is 1. The minimum Gasteiger partial charge on any atom is -0.507 e. The lowest BCUT2D eigenvalue weighted by Crippen LogP contribution is -2.43. The quantitative estimate of drug-likeness (QED) is 0.197. The summed E-state index contributed by atoms with van der Waals surface area (Å²) in [6, 6.07) is 26.2. The molecule has 8 rings (SSSR count). The van der Waals surface area contributed by atoms with Gasteiger partial charge >= 0.3 is 0 Å². The van der Waals surface area contributed by atoms with Gasteiger partial charge in [-0.2, -0.15) is 0 Å². The molecule has 2 aliphatic heterocycles. The number of phenolic OH excluding ortho intramolecular Hbond substituents is 1. The van der Waals surface area contributed by atoms with Gasteiger partial charge in [-0.25, -0.2) is 0 Å². The van der Waals surface area contributed by atoms with Crippen LogP contribution in [0.5, 0.6) is 5.75 Å². The topological polar surface area (TPSA) is 95.0 Å². The second kappa shape index (κ2) is 11.0. The van der Waals surface area contributed by atoms with Gasteiger partial charge in [0.2, 0.25) is 23.6 Å². The number of hydrogen-bond acceptors (Lipinski definition) is 5. The maximum Gasteiger partial charge on any atom is 0.238 e. The summed E-state index contributed by atoms with van der Waals surface area (Å²) in [5.41, 5.74) is 5.13. The van der Waals surface area contributed by atoms with E-state index < -0.39 is 29.6 Å². The number of benzene rings is 4. The zero-order valence-corrected chi connectivity index (χ0v) is 26.4. The Balaban J connectivity index is 1.26. The van der Waals surface area contributed by atoms with Gasteiger partial charge in [0.25, 0.3) is 0 Å². The highest BCUT2D eigenvalue weighted by Gasteiger charge is 2.62. The number of fused-ring (bicyclic) bond motifs is 5. The maximum absolute atomic E-state index is 14.5. The molecule has 4 aliphatic rings. The summed E-state index contributed by atoms with van der Waals surface area (Å²) in [5, 5.41) is 12.2. The first kappa shape index (κ1) is 29.4. The molecule has 0 unspecified atom stereocenters. The van der Waals surface area contributed by atoms with Crippen LogP contribution in [0.3, 0.4) is 0 Å². The maximum atomic E-state index is 14.5. The molecule has 47 heavy (non-hydrogen) atoms. The highest BCUT2D eigenvalue weighted by molar-refractivity contribution is 6.24. The van der Waals surface area contributed by atoms with E-state index in [1.54, 1.807) is 6.07 Å². The molecule has 1 saturated carbocycles. The molecule has 236 valence electrons. The number of amides is 4. The number of rotatable bonds is 5. The van der Waals surface area contributed by atoms with Gasteiger partial charge in [-0.05, 0) is 84.0 Å². The largest absolute Gasteiger partial charge is 0.507 e. The molecule has 7 nitrogen and oxygen atoms in total. The van der Waals surface area contributed by atoms with Crippen molar-refractivity contribution in [2.24, 2.45) is 29.6 Å². The predicted molar refractivity (Wildman–Crippen MR) is 180 cm³/mol. The van der Waals surface area contributed by atoms with E-state index in [9.17, 15) is 24.3 Å². The summed E-state index contributed by atoms with van der Waals surface area (Å²) < 4.78 is 0. The fraction of sp³-hybridized carbons (Fsp3) is 0.300. The summed E-state index contributed by atoms with van der Waals surface area (Å²) in [6.45, 7) is 4.12. The van der Waals surface area contributed by atoms with Gasteiger partial charge in [-0.15, -0.1) is 0 Å². The van der Waals surface area contributed by atoms with Crippen LogP contribution in [-0.4, -0.2) is 28.7 Å². The lowest BCUT2D eigenvalue weighted by molar-refractivity contribution is -0.126. The van der Waals surface area contributed by atoms with E-state index in [1.807, 2.05) is 78.9 Å². The zero-order chi connectivity index (χ0) is 32.6. The molecule has 7 heteroatoms. The molecule has 4 aromatic rings. The van der Waals surface area contributed by atoms with Crippen LogP contribution in [-0.2, 0) is 32.0 Å². The SMILES string of the molecule is CCc1ccc(N2C(=O)[C@H]3[C@H](CC=C4[C@H]3C[C@H]3C(=O)N(c5ccc(CC)cc5)C(=O)[C@H]3[C@H]4c3ccc(O)c4ccccc34)C2=O)cc1. The lowest BCUT2D eigenvalue weighted by atomic mass is 9.57. The van der Waals surface area contributed by atoms with E-state index in [-0.39, 0.29) is 35.3 Å². The summed E-state index contributed by atoms with van der Waals surface area (Å²) >= 11 is 0. The number of aromatic hydroxyl groups is 1. The standard InChI is InChI=1S/C40H36N2O5/c1-3-22-9-13-24(14-10-22)41-37(44)30-18-17-29-31(35(30)39(41)46)21-32-36(34(29)28-19-20-33(43)27-8-6-5-7-26(27)28)40(47)42(38(32)45)25-15-11-23(4-2)12-16-25/h5-17,19-20,30-32,34-36,43H,3-4,18,21H2,1-2H3/t30-,31+,32+,34-,35-,36+/m0/s1. The number of nitrogens with zero attached hydrogens (tertiary/aromatic N) is 2. The normalized spacial score (nSPS) is 26.8. The number of anilines is 2. The van der Waals surface area contributed by atoms with Crippen molar-refractivity contribution >= 4 is 45.8 Å². The van der Waals surface area contributed by atoms with Crippen molar-refractivity contribution in [3.05, 3.63) is 113 Å². The first-order valence-corrected chi connectivity index (χ1v) is 16.7. The third kappa shape index (κ3) is 4.32. The molecule has 0 radical (unpaired) electrons. The third-order valence-corrected chi connectivity index (χ3v) is 11.1. The van der Waals surface area contributed by atoms with Gasteiger partial charge in [0.15, 0.2) is 0 Å². The van der Waals surface area contributed by atoms with Crippen molar-refractivity contribution in [1.29, 1.82) is 0 Å². The Kier molecular flexibility index (Phi) is 6.90. The average Bonchev–Trinajstić information content (AvgIpc) is 3.51. The summed E-state index contributed by atoms with van der Waals surface area (Å²) in [4.78, 5) is 59.7. The minimum atomic E-state index is -0.676. The molecule has 2 heterocycles. The smallest absolute Gasteiger partial charge is 0.238 e. The second-order valence-corrected chi connectivity index (χ2v) is 13.3. The Labute approximate surface area is 273 Å². The number of carbonyl (C=O) groups is 4. The molecule has 0 bridgehead atoms. The van der Waals surface area contributed by atoms with Gasteiger partial charge in [0.05, 0.1) is 35.0 Å². The van der Waals surface area contributed by atoms with E-state index in [1.165, 1.54) is 9.80 Å². The Bertz CT molecular complexity index is 2000. The molecule has 4 aromatic carbocycles. The molecular weight excluding hydrogens is 588 g/mol. The fourth-order valence-electron chi connectivity index (χ4n) is 8.78. The fourth-order valence-corrected chi connectivity index (χ4v) is 8.78. The molecule has 2 saturated heterocycles. The Hall–Kier alpha value is -5.04. The number of imide groups is 2. The zero-order valence-electron chi connectivity index (χ0n) is 26.4. The molecule has 1 N–H and O–H groups in total. The van der Waals surface area contributed by atoms with Crippen LogP contribution in [0.2, 0.25) is 0 Å². The van der Waals surface area contributed by atoms with E-state index in [2.05, 4.69) is 19.9 Å².